The molecule has 1 amide bonds. The number of amides is 1. The van der Waals surface area contributed by atoms with Gasteiger partial charge in [-0.05, 0) is 38.8 Å². The minimum absolute atomic E-state index is 0.215. The molecule has 1 unspecified atom stereocenters. The number of nitrogens with one attached hydrogen (secondary N) is 2. The quantitative estimate of drug-likeness (QED) is 0.836. The first-order valence-electron chi connectivity index (χ1n) is 6.63. The van der Waals surface area contributed by atoms with Crippen LogP contribution in [-0.4, -0.2) is 41.4 Å². The number of carbonyl (C=O) groups excluding carboxylic acids is 1. The molecular formula is C13H20N4O2. The minimum atomic E-state index is -0.243. The molecule has 2 heterocycles. The van der Waals surface area contributed by atoms with Crippen LogP contribution in [-0.2, 0) is 4.74 Å². The average molecular weight is 264 g/mol. The van der Waals surface area contributed by atoms with Crippen LogP contribution >= 0.6 is 0 Å². The van der Waals surface area contributed by atoms with Crippen molar-refractivity contribution in [3.63, 3.8) is 0 Å². The maximum Gasteiger partial charge on any atom is 0.271 e. The van der Waals surface area contributed by atoms with Crippen LogP contribution < -0.4 is 10.6 Å². The summed E-state index contributed by atoms with van der Waals surface area (Å²) in [6.07, 6.45) is 2.02. The summed E-state index contributed by atoms with van der Waals surface area (Å²) < 4.78 is 5.62. The zero-order chi connectivity index (χ0) is 13.7. The van der Waals surface area contributed by atoms with E-state index in [1.165, 1.54) is 0 Å². The molecule has 1 atom stereocenters. The third-order valence-electron chi connectivity index (χ3n) is 3.18. The lowest BCUT2D eigenvalue weighted by Crippen LogP contribution is -2.40. The zero-order valence-electron chi connectivity index (χ0n) is 11.4. The SMILES string of the molecule is CCNc1ccc(C(=O)NCC2(C)CCCO2)nn1. The number of aromatic nitrogens is 2. The number of hydrogen-bond donors (Lipinski definition) is 2. The summed E-state index contributed by atoms with van der Waals surface area (Å²) in [5.74, 6) is 0.456. The average Bonchev–Trinajstić information content (AvgIpc) is 2.85. The highest BCUT2D eigenvalue weighted by Gasteiger charge is 2.30. The second kappa shape index (κ2) is 5.97. The van der Waals surface area contributed by atoms with E-state index >= 15 is 0 Å². The summed E-state index contributed by atoms with van der Waals surface area (Å²) >= 11 is 0. The first kappa shape index (κ1) is 13.7. The predicted molar refractivity (Wildman–Crippen MR) is 72.1 cm³/mol. The molecule has 0 aromatic carbocycles. The Bertz CT molecular complexity index is 427. The topological polar surface area (TPSA) is 76.1 Å². The molecule has 1 aliphatic heterocycles. The van der Waals surface area contributed by atoms with Crippen LogP contribution in [0.3, 0.4) is 0 Å². The van der Waals surface area contributed by atoms with Gasteiger partial charge < -0.3 is 15.4 Å². The number of ether oxygens (including phenoxy) is 1. The molecule has 0 spiro atoms. The molecule has 0 bridgehead atoms. The van der Waals surface area contributed by atoms with Gasteiger partial charge in [0, 0.05) is 19.7 Å². The van der Waals surface area contributed by atoms with Crippen LogP contribution in [0.5, 0.6) is 0 Å². The van der Waals surface area contributed by atoms with Gasteiger partial charge in [-0.25, -0.2) is 0 Å². The number of rotatable bonds is 5. The van der Waals surface area contributed by atoms with Gasteiger partial charge in [0.1, 0.15) is 5.82 Å². The second-order valence-electron chi connectivity index (χ2n) is 4.92. The van der Waals surface area contributed by atoms with Crippen molar-refractivity contribution in [2.45, 2.75) is 32.3 Å². The van der Waals surface area contributed by atoms with Crippen LogP contribution in [0.4, 0.5) is 5.82 Å². The Morgan fingerprint density at radius 3 is 2.89 bits per heavy atom. The van der Waals surface area contributed by atoms with Crippen LogP contribution in [0.1, 0.15) is 37.2 Å². The molecule has 1 saturated heterocycles. The van der Waals surface area contributed by atoms with Gasteiger partial charge in [0.25, 0.3) is 5.91 Å². The summed E-state index contributed by atoms with van der Waals surface area (Å²) in [5.41, 5.74) is 0.0792. The molecule has 2 N–H and O–H groups in total. The fourth-order valence-corrected chi connectivity index (χ4v) is 2.06. The van der Waals surface area contributed by atoms with Crippen molar-refractivity contribution in [1.82, 2.24) is 15.5 Å². The molecular weight excluding hydrogens is 244 g/mol. The predicted octanol–water partition coefficient (Wildman–Crippen LogP) is 1.21. The van der Waals surface area contributed by atoms with Crippen molar-refractivity contribution in [3.05, 3.63) is 17.8 Å². The number of carbonyl (C=O) groups is 1. The first-order chi connectivity index (χ1) is 9.13. The van der Waals surface area contributed by atoms with Gasteiger partial charge in [-0.3, -0.25) is 4.79 Å². The Kier molecular flexibility index (Phi) is 4.31. The van der Waals surface area contributed by atoms with Gasteiger partial charge in [-0.1, -0.05) is 0 Å². The van der Waals surface area contributed by atoms with Crippen LogP contribution in [0.2, 0.25) is 0 Å². The molecule has 2 rings (SSSR count). The van der Waals surface area contributed by atoms with Gasteiger partial charge in [-0.2, -0.15) is 0 Å². The molecule has 0 saturated carbocycles. The summed E-state index contributed by atoms with van der Waals surface area (Å²) in [4.78, 5) is 11.9. The van der Waals surface area contributed by atoms with E-state index in [1.807, 2.05) is 13.8 Å². The van der Waals surface area contributed by atoms with E-state index < -0.39 is 0 Å². The molecule has 6 heteroatoms. The normalized spacial score (nSPS) is 22.2. The number of anilines is 1. The Balaban J connectivity index is 1.88. The highest BCUT2D eigenvalue weighted by atomic mass is 16.5. The third kappa shape index (κ3) is 3.64. The number of nitrogens with zero attached hydrogens (tertiary/aromatic N) is 2. The Labute approximate surface area is 112 Å². The Morgan fingerprint density at radius 1 is 1.47 bits per heavy atom. The Hall–Kier alpha value is -1.69. The van der Waals surface area contributed by atoms with Crippen LogP contribution in [0.25, 0.3) is 0 Å². The van der Waals surface area contributed by atoms with Crippen molar-refractivity contribution in [2.24, 2.45) is 0 Å². The summed E-state index contributed by atoms with van der Waals surface area (Å²) in [6, 6.07) is 3.41. The molecule has 0 aliphatic carbocycles. The molecule has 0 radical (unpaired) electrons. The maximum absolute atomic E-state index is 11.9. The van der Waals surface area contributed by atoms with Gasteiger partial charge in [0.15, 0.2) is 5.69 Å². The van der Waals surface area contributed by atoms with Crippen molar-refractivity contribution in [2.75, 3.05) is 25.0 Å². The molecule has 1 aromatic rings. The van der Waals surface area contributed by atoms with E-state index in [0.29, 0.717) is 18.1 Å². The molecule has 1 fully saturated rings. The maximum atomic E-state index is 11.9. The fourth-order valence-electron chi connectivity index (χ4n) is 2.06. The summed E-state index contributed by atoms with van der Waals surface area (Å²) in [6.45, 7) is 6.03. The van der Waals surface area contributed by atoms with Crippen LogP contribution in [0.15, 0.2) is 12.1 Å². The largest absolute Gasteiger partial charge is 0.373 e. The smallest absolute Gasteiger partial charge is 0.271 e. The lowest BCUT2D eigenvalue weighted by Gasteiger charge is -2.23. The van der Waals surface area contributed by atoms with E-state index in [4.69, 9.17) is 4.74 Å². The lowest BCUT2D eigenvalue weighted by atomic mass is 10.0. The van der Waals surface area contributed by atoms with Gasteiger partial charge in [-0.15, -0.1) is 10.2 Å². The van der Waals surface area contributed by atoms with Crippen LogP contribution in [0, 0.1) is 0 Å². The molecule has 1 aliphatic rings. The summed E-state index contributed by atoms with van der Waals surface area (Å²) in [5, 5.41) is 13.7. The lowest BCUT2D eigenvalue weighted by molar-refractivity contribution is 0.0205. The molecule has 104 valence electrons. The second-order valence-corrected chi connectivity index (χ2v) is 4.92. The third-order valence-corrected chi connectivity index (χ3v) is 3.18. The standard InChI is InChI=1S/C13H20N4O2/c1-3-14-11-6-5-10(16-17-11)12(18)15-9-13(2)7-4-8-19-13/h5-6H,3-4,7-9H2,1-2H3,(H,14,17)(H,15,18). The van der Waals surface area contributed by atoms with E-state index in [9.17, 15) is 4.79 Å². The minimum Gasteiger partial charge on any atom is -0.373 e. The van der Waals surface area contributed by atoms with E-state index in [0.717, 1.165) is 26.0 Å². The Morgan fingerprint density at radius 2 is 2.32 bits per heavy atom. The van der Waals surface area contributed by atoms with Crippen molar-refractivity contribution >= 4 is 11.7 Å². The van der Waals surface area contributed by atoms with E-state index in [-0.39, 0.29) is 11.5 Å². The van der Waals surface area contributed by atoms with Gasteiger partial charge in [0.2, 0.25) is 0 Å². The number of hydrogen-bond acceptors (Lipinski definition) is 5. The fraction of sp³-hybridized carbons (Fsp3) is 0.615. The highest BCUT2D eigenvalue weighted by molar-refractivity contribution is 5.92. The first-order valence-corrected chi connectivity index (χ1v) is 6.63. The van der Waals surface area contributed by atoms with Gasteiger partial charge >= 0.3 is 0 Å². The zero-order valence-corrected chi connectivity index (χ0v) is 11.4. The van der Waals surface area contributed by atoms with Gasteiger partial charge in [0.05, 0.1) is 5.60 Å². The van der Waals surface area contributed by atoms with Crippen molar-refractivity contribution in [1.29, 1.82) is 0 Å². The molecule has 6 nitrogen and oxygen atoms in total. The molecule has 19 heavy (non-hydrogen) atoms. The summed E-state index contributed by atoms with van der Waals surface area (Å²) in [7, 11) is 0. The molecule has 1 aromatic heterocycles. The monoisotopic (exact) mass is 264 g/mol. The van der Waals surface area contributed by atoms with Crippen molar-refractivity contribution < 1.29 is 9.53 Å². The van der Waals surface area contributed by atoms with E-state index in [1.54, 1.807) is 12.1 Å². The highest BCUT2D eigenvalue weighted by Crippen LogP contribution is 2.23. The van der Waals surface area contributed by atoms with E-state index in [2.05, 4.69) is 20.8 Å². The van der Waals surface area contributed by atoms with Crippen molar-refractivity contribution in [3.8, 4) is 0 Å².